The summed E-state index contributed by atoms with van der Waals surface area (Å²) in [4.78, 5) is 23.5. The summed E-state index contributed by atoms with van der Waals surface area (Å²) in [6.07, 6.45) is 4.82. The van der Waals surface area contributed by atoms with Crippen LogP contribution in [0.15, 0.2) is 36.7 Å². The molecule has 1 amide bonds. The van der Waals surface area contributed by atoms with E-state index in [2.05, 4.69) is 15.3 Å². The van der Waals surface area contributed by atoms with E-state index < -0.39 is 0 Å². The number of aromatic nitrogens is 2. The molecule has 1 saturated heterocycles. The van der Waals surface area contributed by atoms with Crippen LogP contribution in [0.25, 0.3) is 11.3 Å². The molecule has 1 aliphatic heterocycles. The van der Waals surface area contributed by atoms with Gasteiger partial charge in [-0.25, -0.2) is 9.97 Å². The molecular weight excluding hydrogens is 276 g/mol. The van der Waals surface area contributed by atoms with Crippen molar-refractivity contribution in [3.63, 3.8) is 0 Å². The molecule has 5 heteroatoms. The van der Waals surface area contributed by atoms with Gasteiger partial charge in [-0.05, 0) is 19.3 Å². The number of nitrogens with zero attached hydrogens (tertiary/aromatic N) is 3. The van der Waals surface area contributed by atoms with Gasteiger partial charge < -0.3 is 10.2 Å². The topological polar surface area (TPSA) is 58.1 Å². The zero-order chi connectivity index (χ0) is 15.4. The summed E-state index contributed by atoms with van der Waals surface area (Å²) >= 11 is 0. The summed E-state index contributed by atoms with van der Waals surface area (Å²) in [7, 11) is 1.78. The van der Waals surface area contributed by atoms with Crippen LogP contribution in [0.2, 0.25) is 0 Å². The molecule has 1 aromatic carbocycles. The highest BCUT2D eigenvalue weighted by Crippen LogP contribution is 2.27. The third kappa shape index (κ3) is 2.79. The summed E-state index contributed by atoms with van der Waals surface area (Å²) in [5, 5.41) is 3.03. The van der Waals surface area contributed by atoms with Crippen LogP contribution in [0, 0.1) is 0 Å². The highest BCUT2D eigenvalue weighted by atomic mass is 16.2. The summed E-state index contributed by atoms with van der Waals surface area (Å²) in [6.45, 7) is 1.62. The lowest BCUT2D eigenvalue weighted by Crippen LogP contribution is -2.36. The quantitative estimate of drug-likeness (QED) is 0.946. The molecule has 3 rings (SSSR count). The Balaban J connectivity index is 2.06. The average molecular weight is 296 g/mol. The van der Waals surface area contributed by atoms with E-state index in [0.717, 1.165) is 31.5 Å². The number of anilines is 1. The molecule has 0 radical (unpaired) electrons. The van der Waals surface area contributed by atoms with Crippen LogP contribution >= 0.6 is 0 Å². The Labute approximate surface area is 130 Å². The molecule has 1 N–H and O–H groups in total. The summed E-state index contributed by atoms with van der Waals surface area (Å²) < 4.78 is 0. The number of hydrogen-bond donors (Lipinski definition) is 1. The van der Waals surface area contributed by atoms with Crippen LogP contribution in [-0.4, -0.2) is 40.9 Å². The van der Waals surface area contributed by atoms with Gasteiger partial charge in [0.1, 0.15) is 17.7 Å². The third-order valence-corrected chi connectivity index (χ3v) is 3.99. The predicted molar refractivity (Wildman–Crippen MR) is 86.8 cm³/mol. The fourth-order valence-corrected chi connectivity index (χ4v) is 2.85. The number of benzene rings is 1. The Morgan fingerprint density at radius 1 is 1.09 bits per heavy atom. The minimum absolute atomic E-state index is 0.0171. The van der Waals surface area contributed by atoms with E-state index in [1.165, 1.54) is 12.7 Å². The number of nitrogens with one attached hydrogen (secondary N) is 1. The molecule has 5 nitrogen and oxygen atoms in total. The smallest absolute Gasteiger partial charge is 0.259 e. The van der Waals surface area contributed by atoms with E-state index in [0.29, 0.717) is 17.1 Å². The lowest BCUT2D eigenvalue weighted by atomic mass is 10.0. The van der Waals surface area contributed by atoms with Gasteiger partial charge >= 0.3 is 0 Å². The Kier molecular flexibility index (Phi) is 4.32. The van der Waals surface area contributed by atoms with Gasteiger partial charge in [0.2, 0.25) is 0 Å². The first-order valence-corrected chi connectivity index (χ1v) is 7.68. The zero-order valence-corrected chi connectivity index (χ0v) is 12.7. The van der Waals surface area contributed by atoms with Crippen molar-refractivity contribution in [1.29, 1.82) is 0 Å². The van der Waals surface area contributed by atoms with E-state index in [9.17, 15) is 4.79 Å². The van der Waals surface area contributed by atoms with Crippen LogP contribution in [0.1, 0.15) is 29.6 Å². The molecule has 0 saturated carbocycles. The molecule has 1 aliphatic rings. The number of carbonyl (C=O) groups excluding carboxylic acids is 1. The molecule has 2 aromatic rings. The van der Waals surface area contributed by atoms with E-state index in [-0.39, 0.29) is 5.91 Å². The van der Waals surface area contributed by atoms with Gasteiger partial charge in [0.25, 0.3) is 5.91 Å². The van der Waals surface area contributed by atoms with E-state index in [4.69, 9.17) is 0 Å². The highest BCUT2D eigenvalue weighted by molar-refractivity contribution is 6.04. The van der Waals surface area contributed by atoms with Crippen molar-refractivity contribution in [1.82, 2.24) is 14.9 Å². The average Bonchev–Trinajstić information content (AvgIpc) is 2.62. The maximum absolute atomic E-state index is 13.0. The van der Waals surface area contributed by atoms with Crippen molar-refractivity contribution < 1.29 is 4.79 Å². The standard InChI is InChI=1S/C17H20N4O/c1-18-16-14(17(22)21-10-6-3-7-11-21)15(19-12-20-16)13-8-4-2-5-9-13/h2,4-5,8-9,12H,3,6-7,10-11H2,1H3,(H,18,19,20). The number of amides is 1. The fraction of sp³-hybridized carbons (Fsp3) is 0.353. The van der Waals surface area contributed by atoms with Crippen molar-refractivity contribution in [2.24, 2.45) is 0 Å². The molecule has 1 fully saturated rings. The molecule has 22 heavy (non-hydrogen) atoms. The van der Waals surface area contributed by atoms with E-state index in [1.54, 1.807) is 7.05 Å². The molecule has 0 atom stereocenters. The molecule has 1 aromatic heterocycles. The van der Waals surface area contributed by atoms with E-state index >= 15 is 0 Å². The van der Waals surface area contributed by atoms with Crippen molar-refractivity contribution in [2.75, 3.05) is 25.5 Å². The van der Waals surface area contributed by atoms with Gasteiger partial charge in [-0.2, -0.15) is 0 Å². The summed E-state index contributed by atoms with van der Waals surface area (Å²) in [6, 6.07) is 9.79. The highest BCUT2D eigenvalue weighted by Gasteiger charge is 2.25. The Morgan fingerprint density at radius 2 is 1.82 bits per heavy atom. The second-order valence-electron chi connectivity index (χ2n) is 5.41. The van der Waals surface area contributed by atoms with Crippen LogP contribution in [0.4, 0.5) is 5.82 Å². The molecule has 0 unspecified atom stereocenters. The van der Waals surface area contributed by atoms with Gasteiger partial charge in [-0.3, -0.25) is 4.79 Å². The zero-order valence-electron chi connectivity index (χ0n) is 12.7. The maximum atomic E-state index is 13.0. The minimum atomic E-state index is 0.0171. The monoisotopic (exact) mass is 296 g/mol. The Morgan fingerprint density at radius 3 is 2.50 bits per heavy atom. The number of carbonyl (C=O) groups is 1. The summed E-state index contributed by atoms with van der Waals surface area (Å²) in [5.41, 5.74) is 2.19. The first kappa shape index (κ1) is 14.5. The maximum Gasteiger partial charge on any atom is 0.259 e. The Hall–Kier alpha value is -2.43. The van der Waals surface area contributed by atoms with Crippen LogP contribution < -0.4 is 5.32 Å². The number of rotatable bonds is 3. The number of piperidine rings is 1. The summed E-state index contributed by atoms with van der Waals surface area (Å²) in [5.74, 6) is 0.605. The number of likely N-dealkylation sites (tertiary alicyclic amines) is 1. The molecular formula is C17H20N4O. The molecule has 0 bridgehead atoms. The normalized spacial score (nSPS) is 14.7. The van der Waals surface area contributed by atoms with Crippen LogP contribution in [0.3, 0.4) is 0 Å². The van der Waals surface area contributed by atoms with Crippen molar-refractivity contribution in [3.05, 3.63) is 42.2 Å². The van der Waals surface area contributed by atoms with Gasteiger partial charge in [0.05, 0.1) is 5.69 Å². The lowest BCUT2D eigenvalue weighted by Gasteiger charge is -2.27. The largest absolute Gasteiger partial charge is 0.372 e. The van der Waals surface area contributed by atoms with Crippen LogP contribution in [0.5, 0.6) is 0 Å². The van der Waals surface area contributed by atoms with Gasteiger partial charge in [0, 0.05) is 25.7 Å². The van der Waals surface area contributed by atoms with Gasteiger partial charge in [0.15, 0.2) is 0 Å². The van der Waals surface area contributed by atoms with Crippen LogP contribution in [-0.2, 0) is 0 Å². The first-order valence-electron chi connectivity index (χ1n) is 7.68. The predicted octanol–water partition coefficient (Wildman–Crippen LogP) is 2.81. The van der Waals surface area contributed by atoms with Crippen molar-refractivity contribution in [2.45, 2.75) is 19.3 Å². The minimum Gasteiger partial charge on any atom is -0.372 e. The fourth-order valence-electron chi connectivity index (χ4n) is 2.85. The van der Waals surface area contributed by atoms with E-state index in [1.807, 2.05) is 35.2 Å². The number of hydrogen-bond acceptors (Lipinski definition) is 4. The van der Waals surface area contributed by atoms with Crippen molar-refractivity contribution in [3.8, 4) is 11.3 Å². The van der Waals surface area contributed by atoms with Gasteiger partial charge in [-0.1, -0.05) is 30.3 Å². The molecule has 2 heterocycles. The van der Waals surface area contributed by atoms with Gasteiger partial charge in [-0.15, -0.1) is 0 Å². The molecule has 0 spiro atoms. The second-order valence-corrected chi connectivity index (χ2v) is 5.41. The lowest BCUT2D eigenvalue weighted by molar-refractivity contribution is 0.0725. The second kappa shape index (κ2) is 6.56. The SMILES string of the molecule is CNc1ncnc(-c2ccccc2)c1C(=O)N1CCCCC1. The molecule has 114 valence electrons. The first-order chi connectivity index (χ1) is 10.8. The third-order valence-electron chi connectivity index (χ3n) is 3.99. The van der Waals surface area contributed by atoms with Crippen molar-refractivity contribution >= 4 is 11.7 Å². The Bertz CT molecular complexity index is 651. The molecule has 0 aliphatic carbocycles.